The van der Waals surface area contributed by atoms with Crippen molar-refractivity contribution < 1.29 is 9.90 Å². The summed E-state index contributed by atoms with van der Waals surface area (Å²) < 4.78 is 0. The molecule has 0 atom stereocenters. The number of rotatable bonds is 1. The van der Waals surface area contributed by atoms with Crippen LogP contribution in [-0.4, -0.2) is 10.9 Å². The molecule has 0 saturated heterocycles. The number of Topliss-reactive ketones (excluding diaryl/α,β-unsaturated/α-hetero) is 1. The quantitative estimate of drug-likeness (QED) is 0.695. The molecule has 0 radical (unpaired) electrons. The normalized spacial score (nSPS) is 11.4. The topological polar surface area (TPSA) is 37.3 Å². The highest BCUT2D eigenvalue weighted by molar-refractivity contribution is 5.97. The number of para-hydroxylation sites is 1. The zero-order valence-electron chi connectivity index (χ0n) is 9.09. The molecule has 76 valence electrons. The smallest absolute Gasteiger partial charge is 0.163 e. The fourth-order valence-electron chi connectivity index (χ4n) is 1.43. The Bertz CT molecular complexity index is 359. The highest BCUT2D eigenvalue weighted by atomic mass is 16.3. The number of hydrogen-bond acceptors (Lipinski definition) is 2. The number of phenols is 1. The number of phenolic OH excluding ortho intramolecular Hbond substituents is 1. The molecule has 14 heavy (non-hydrogen) atoms. The largest absolute Gasteiger partial charge is 0.507 e. The van der Waals surface area contributed by atoms with Gasteiger partial charge in [-0.05, 0) is 24.0 Å². The Hall–Kier alpha value is -1.31. The molecule has 0 aromatic heterocycles. The average molecular weight is 192 g/mol. The second-order valence-electron chi connectivity index (χ2n) is 4.51. The van der Waals surface area contributed by atoms with E-state index in [0.29, 0.717) is 5.56 Å². The standard InChI is InChI=1S/C12H16O2/c1-8(13)9-6-5-7-10(11(9)14)12(2,3)4/h5-7,14H,1-4H3. The molecule has 0 bridgehead atoms. The molecule has 0 spiro atoms. The lowest BCUT2D eigenvalue weighted by molar-refractivity contribution is 0.101. The van der Waals surface area contributed by atoms with Crippen LogP contribution in [0.25, 0.3) is 0 Å². The van der Waals surface area contributed by atoms with Crippen LogP contribution in [0.1, 0.15) is 43.6 Å². The number of aromatic hydroxyl groups is 1. The molecule has 0 heterocycles. The van der Waals surface area contributed by atoms with E-state index >= 15 is 0 Å². The van der Waals surface area contributed by atoms with Gasteiger partial charge in [-0.1, -0.05) is 32.9 Å². The maximum atomic E-state index is 11.2. The molecular weight excluding hydrogens is 176 g/mol. The molecule has 0 unspecified atom stereocenters. The lowest BCUT2D eigenvalue weighted by atomic mass is 9.85. The third kappa shape index (κ3) is 1.95. The van der Waals surface area contributed by atoms with Gasteiger partial charge in [-0.15, -0.1) is 0 Å². The van der Waals surface area contributed by atoms with Gasteiger partial charge in [-0.3, -0.25) is 4.79 Å². The van der Waals surface area contributed by atoms with Crippen molar-refractivity contribution in [1.29, 1.82) is 0 Å². The molecule has 0 aliphatic heterocycles. The van der Waals surface area contributed by atoms with E-state index in [4.69, 9.17) is 0 Å². The molecule has 2 heteroatoms. The van der Waals surface area contributed by atoms with Crippen LogP contribution in [0, 0.1) is 0 Å². The van der Waals surface area contributed by atoms with E-state index in [-0.39, 0.29) is 16.9 Å². The Balaban J connectivity index is 3.35. The van der Waals surface area contributed by atoms with Crippen molar-refractivity contribution in [3.05, 3.63) is 29.3 Å². The summed E-state index contributed by atoms with van der Waals surface area (Å²) in [6.07, 6.45) is 0. The predicted molar refractivity (Wildman–Crippen MR) is 56.8 cm³/mol. The Morgan fingerprint density at radius 2 is 1.86 bits per heavy atom. The summed E-state index contributed by atoms with van der Waals surface area (Å²) in [5.41, 5.74) is 1.07. The summed E-state index contributed by atoms with van der Waals surface area (Å²) >= 11 is 0. The van der Waals surface area contributed by atoms with E-state index < -0.39 is 0 Å². The predicted octanol–water partition coefficient (Wildman–Crippen LogP) is 2.89. The molecule has 2 nitrogen and oxygen atoms in total. The zero-order chi connectivity index (χ0) is 10.9. The van der Waals surface area contributed by atoms with Crippen molar-refractivity contribution >= 4 is 5.78 Å². The number of carbonyl (C=O) groups excluding carboxylic acids is 1. The van der Waals surface area contributed by atoms with E-state index in [2.05, 4.69) is 0 Å². The van der Waals surface area contributed by atoms with Gasteiger partial charge < -0.3 is 5.11 Å². The minimum absolute atomic E-state index is 0.103. The molecule has 0 aliphatic rings. The van der Waals surface area contributed by atoms with Gasteiger partial charge in [-0.2, -0.15) is 0 Å². The first kappa shape index (κ1) is 10.8. The monoisotopic (exact) mass is 192 g/mol. The third-order valence-electron chi connectivity index (χ3n) is 2.22. The first-order chi connectivity index (χ1) is 6.34. The van der Waals surface area contributed by atoms with Crippen LogP contribution in [0.4, 0.5) is 0 Å². The van der Waals surface area contributed by atoms with Crippen molar-refractivity contribution in [3.63, 3.8) is 0 Å². The van der Waals surface area contributed by atoms with Gasteiger partial charge in [0.1, 0.15) is 5.75 Å². The molecule has 1 aromatic carbocycles. The molecule has 0 fully saturated rings. The van der Waals surface area contributed by atoms with Crippen molar-refractivity contribution in [1.82, 2.24) is 0 Å². The summed E-state index contributed by atoms with van der Waals surface area (Å²) in [5.74, 6) is 0.0149. The lowest BCUT2D eigenvalue weighted by Gasteiger charge is -2.21. The molecule has 0 saturated carbocycles. The van der Waals surface area contributed by atoms with Crippen molar-refractivity contribution in [2.24, 2.45) is 0 Å². The van der Waals surface area contributed by atoms with E-state index in [1.807, 2.05) is 26.8 Å². The highest BCUT2D eigenvalue weighted by Gasteiger charge is 2.20. The van der Waals surface area contributed by atoms with Gasteiger partial charge in [0, 0.05) is 0 Å². The Morgan fingerprint density at radius 3 is 2.29 bits per heavy atom. The van der Waals surface area contributed by atoms with Gasteiger partial charge >= 0.3 is 0 Å². The van der Waals surface area contributed by atoms with Gasteiger partial charge in [0.05, 0.1) is 5.56 Å². The van der Waals surface area contributed by atoms with Crippen molar-refractivity contribution in [3.8, 4) is 5.75 Å². The summed E-state index contributed by atoms with van der Waals surface area (Å²) in [6.45, 7) is 7.48. The van der Waals surface area contributed by atoms with Crippen LogP contribution >= 0.6 is 0 Å². The Labute approximate surface area is 84.6 Å². The average Bonchev–Trinajstić information content (AvgIpc) is 2.01. The lowest BCUT2D eigenvalue weighted by Crippen LogP contribution is -2.12. The van der Waals surface area contributed by atoms with Crippen molar-refractivity contribution in [2.75, 3.05) is 0 Å². The second-order valence-corrected chi connectivity index (χ2v) is 4.51. The fraction of sp³-hybridized carbons (Fsp3) is 0.417. The van der Waals surface area contributed by atoms with Crippen LogP contribution in [-0.2, 0) is 5.41 Å². The molecule has 1 N–H and O–H groups in total. The van der Waals surface area contributed by atoms with Crippen LogP contribution in [0.5, 0.6) is 5.75 Å². The fourth-order valence-corrected chi connectivity index (χ4v) is 1.43. The van der Waals surface area contributed by atoms with Crippen molar-refractivity contribution in [2.45, 2.75) is 33.1 Å². The first-order valence-corrected chi connectivity index (χ1v) is 4.67. The van der Waals surface area contributed by atoms with E-state index in [0.717, 1.165) is 5.56 Å². The van der Waals surface area contributed by atoms with Crippen LogP contribution < -0.4 is 0 Å². The second kappa shape index (κ2) is 3.45. The van der Waals surface area contributed by atoms with E-state index in [1.165, 1.54) is 6.92 Å². The van der Waals surface area contributed by atoms with Crippen LogP contribution in [0.3, 0.4) is 0 Å². The summed E-state index contributed by atoms with van der Waals surface area (Å²) in [7, 11) is 0. The summed E-state index contributed by atoms with van der Waals surface area (Å²) in [5, 5.41) is 9.87. The third-order valence-corrected chi connectivity index (χ3v) is 2.22. The molecule has 1 aromatic rings. The first-order valence-electron chi connectivity index (χ1n) is 4.67. The Morgan fingerprint density at radius 1 is 1.29 bits per heavy atom. The molecule has 1 rings (SSSR count). The van der Waals surface area contributed by atoms with E-state index in [1.54, 1.807) is 12.1 Å². The van der Waals surface area contributed by atoms with Gasteiger partial charge in [0.2, 0.25) is 0 Å². The molecular formula is C12H16O2. The van der Waals surface area contributed by atoms with Crippen LogP contribution in [0.2, 0.25) is 0 Å². The van der Waals surface area contributed by atoms with Gasteiger partial charge in [0.15, 0.2) is 5.78 Å². The highest BCUT2D eigenvalue weighted by Crippen LogP contribution is 2.32. The minimum atomic E-state index is -0.143. The maximum absolute atomic E-state index is 11.2. The summed E-state index contributed by atoms with van der Waals surface area (Å²) in [4.78, 5) is 11.2. The Kier molecular flexibility index (Phi) is 2.65. The minimum Gasteiger partial charge on any atom is -0.507 e. The number of carbonyl (C=O) groups is 1. The van der Waals surface area contributed by atoms with Crippen LogP contribution in [0.15, 0.2) is 18.2 Å². The maximum Gasteiger partial charge on any atom is 0.163 e. The van der Waals surface area contributed by atoms with E-state index in [9.17, 15) is 9.90 Å². The summed E-state index contributed by atoms with van der Waals surface area (Å²) in [6, 6.07) is 5.30. The number of hydrogen-bond donors (Lipinski definition) is 1. The molecule has 0 aliphatic carbocycles. The molecule has 0 amide bonds. The zero-order valence-corrected chi connectivity index (χ0v) is 9.09. The number of benzene rings is 1. The van der Waals surface area contributed by atoms with Gasteiger partial charge in [0.25, 0.3) is 0 Å². The SMILES string of the molecule is CC(=O)c1cccc(C(C)(C)C)c1O. The van der Waals surface area contributed by atoms with Gasteiger partial charge in [-0.25, -0.2) is 0 Å². The number of ketones is 1.